The number of nitrogens with one attached hydrogen (secondary N) is 2. The van der Waals surface area contributed by atoms with E-state index in [9.17, 15) is 13.2 Å². The summed E-state index contributed by atoms with van der Waals surface area (Å²) in [5.74, 6) is 1.38. The minimum Gasteiger partial charge on any atom is -0.326 e. The van der Waals surface area contributed by atoms with Crippen molar-refractivity contribution < 1.29 is 13.2 Å². The second-order valence-corrected chi connectivity index (χ2v) is 12.5. The summed E-state index contributed by atoms with van der Waals surface area (Å²) in [5.41, 5.74) is 0.375. The highest BCUT2D eigenvalue weighted by Crippen LogP contribution is 2.64. The molecule has 4 bridgehead atoms. The van der Waals surface area contributed by atoms with Gasteiger partial charge in [-0.15, -0.1) is 0 Å². The maximum Gasteiger partial charge on any atom is 0.240 e. The maximum absolute atomic E-state index is 13.2. The number of carbonyl (C=O) groups excluding carboxylic acids is 1. The first-order valence-corrected chi connectivity index (χ1v) is 12.0. The molecule has 4 atom stereocenters. The van der Waals surface area contributed by atoms with Gasteiger partial charge < -0.3 is 5.32 Å². The number of anilines is 1. The summed E-state index contributed by atoms with van der Waals surface area (Å²) in [4.78, 5) is 13.4. The van der Waals surface area contributed by atoms with Gasteiger partial charge in [-0.3, -0.25) is 4.79 Å². The Morgan fingerprint density at radius 2 is 1.70 bits per heavy atom. The number of amides is 1. The Hall–Kier alpha value is -0.920. The molecule has 1 aromatic carbocycles. The van der Waals surface area contributed by atoms with Crippen LogP contribution in [-0.4, -0.2) is 24.7 Å². The molecule has 0 heterocycles. The molecule has 7 heteroatoms. The number of rotatable bonds is 5. The van der Waals surface area contributed by atoms with Gasteiger partial charge in [0.05, 0.1) is 10.3 Å². The monoisotopic (exact) mass is 454 g/mol. The SMILES string of the molecule is CC(C)NS(=O)(=O)c1ccc(NC(=O)C23C[C@@H]4C[C@@H](CC(Br)(C4)C2)C3)cc1. The Morgan fingerprint density at radius 1 is 1.11 bits per heavy atom. The third-order valence-corrected chi connectivity index (χ3v) is 8.89. The summed E-state index contributed by atoms with van der Waals surface area (Å²) in [5, 5.41) is 3.06. The average Bonchev–Trinajstić information content (AvgIpc) is 2.51. The second-order valence-electron chi connectivity index (χ2n) is 9.15. The van der Waals surface area contributed by atoms with Gasteiger partial charge in [-0.2, -0.15) is 0 Å². The van der Waals surface area contributed by atoms with E-state index in [-0.39, 0.29) is 26.6 Å². The highest BCUT2D eigenvalue weighted by Gasteiger charge is 2.59. The molecule has 1 amide bonds. The number of carbonyl (C=O) groups is 1. The summed E-state index contributed by atoms with van der Waals surface area (Å²) in [7, 11) is -3.52. The highest BCUT2D eigenvalue weighted by molar-refractivity contribution is 9.10. The van der Waals surface area contributed by atoms with Crippen LogP contribution in [0, 0.1) is 17.3 Å². The van der Waals surface area contributed by atoms with Crippen molar-refractivity contribution in [2.45, 2.75) is 67.6 Å². The first-order chi connectivity index (χ1) is 12.6. The van der Waals surface area contributed by atoms with Gasteiger partial charge in [-0.25, -0.2) is 13.1 Å². The van der Waals surface area contributed by atoms with Crippen LogP contribution in [0.2, 0.25) is 0 Å². The number of sulfonamides is 1. The minimum atomic E-state index is -3.52. The largest absolute Gasteiger partial charge is 0.326 e. The fourth-order valence-electron chi connectivity index (χ4n) is 5.78. The molecule has 0 aliphatic heterocycles. The summed E-state index contributed by atoms with van der Waals surface area (Å²) in [6, 6.07) is 6.29. The number of alkyl halides is 1. The molecule has 1 aromatic rings. The molecule has 0 spiro atoms. The summed E-state index contributed by atoms with van der Waals surface area (Å²) >= 11 is 3.94. The van der Waals surface area contributed by atoms with Crippen LogP contribution in [0.4, 0.5) is 5.69 Å². The van der Waals surface area contributed by atoms with E-state index in [2.05, 4.69) is 26.0 Å². The van der Waals surface area contributed by atoms with Crippen LogP contribution in [-0.2, 0) is 14.8 Å². The lowest BCUT2D eigenvalue weighted by Gasteiger charge is -2.59. The first kappa shape index (κ1) is 19.4. The molecular formula is C20H27BrN2O3S. The number of benzene rings is 1. The molecule has 4 fully saturated rings. The Bertz CT molecular complexity index is 836. The maximum atomic E-state index is 13.2. The van der Waals surface area contributed by atoms with E-state index in [1.165, 1.54) is 19.3 Å². The van der Waals surface area contributed by atoms with Crippen molar-refractivity contribution in [3.8, 4) is 0 Å². The van der Waals surface area contributed by atoms with Gasteiger partial charge >= 0.3 is 0 Å². The molecular weight excluding hydrogens is 428 g/mol. The second kappa shape index (κ2) is 6.56. The van der Waals surface area contributed by atoms with E-state index < -0.39 is 10.0 Å². The van der Waals surface area contributed by atoms with Gasteiger partial charge in [0.15, 0.2) is 0 Å². The zero-order valence-corrected chi connectivity index (χ0v) is 18.2. The number of halogens is 1. The molecule has 27 heavy (non-hydrogen) atoms. The van der Waals surface area contributed by atoms with Crippen molar-refractivity contribution in [1.82, 2.24) is 4.72 Å². The fraction of sp³-hybridized carbons (Fsp3) is 0.650. The fourth-order valence-corrected chi connectivity index (χ4v) is 8.48. The Balaban J connectivity index is 1.49. The molecule has 4 aliphatic rings. The van der Waals surface area contributed by atoms with E-state index in [4.69, 9.17) is 0 Å². The van der Waals surface area contributed by atoms with E-state index in [0.717, 1.165) is 19.3 Å². The van der Waals surface area contributed by atoms with Gasteiger partial charge in [0.1, 0.15) is 0 Å². The van der Waals surface area contributed by atoms with Gasteiger partial charge in [0.2, 0.25) is 15.9 Å². The molecule has 0 radical (unpaired) electrons. The molecule has 2 unspecified atom stereocenters. The number of hydrogen-bond donors (Lipinski definition) is 2. The van der Waals surface area contributed by atoms with Gasteiger partial charge in [-0.1, -0.05) is 15.9 Å². The Kier molecular flexibility index (Phi) is 4.71. The lowest BCUT2D eigenvalue weighted by molar-refractivity contribution is -0.138. The quantitative estimate of drug-likeness (QED) is 0.658. The van der Waals surface area contributed by atoms with E-state index in [1.807, 2.05) is 0 Å². The van der Waals surface area contributed by atoms with Crippen LogP contribution in [0.1, 0.15) is 52.4 Å². The van der Waals surface area contributed by atoms with Crippen molar-refractivity contribution in [1.29, 1.82) is 0 Å². The van der Waals surface area contributed by atoms with Crippen LogP contribution in [0.25, 0.3) is 0 Å². The first-order valence-electron chi connectivity index (χ1n) is 9.72. The van der Waals surface area contributed by atoms with Crippen LogP contribution < -0.4 is 10.0 Å². The highest BCUT2D eigenvalue weighted by atomic mass is 79.9. The predicted molar refractivity (Wildman–Crippen MR) is 109 cm³/mol. The van der Waals surface area contributed by atoms with Gasteiger partial charge in [0.25, 0.3) is 0 Å². The lowest BCUT2D eigenvalue weighted by Crippen LogP contribution is -2.57. The van der Waals surface area contributed by atoms with E-state index in [1.54, 1.807) is 38.1 Å². The molecule has 0 aromatic heterocycles. The predicted octanol–water partition coefficient (Wildman–Crippen LogP) is 4.05. The third-order valence-electron chi connectivity index (χ3n) is 6.28. The van der Waals surface area contributed by atoms with Crippen LogP contribution in [0.15, 0.2) is 29.2 Å². The van der Waals surface area contributed by atoms with Crippen molar-refractivity contribution in [3.63, 3.8) is 0 Å². The molecule has 5 nitrogen and oxygen atoms in total. The normalized spacial score (nSPS) is 34.8. The third kappa shape index (κ3) is 3.70. The van der Waals surface area contributed by atoms with E-state index in [0.29, 0.717) is 17.5 Å². The minimum absolute atomic E-state index is 0.0938. The molecule has 148 valence electrons. The van der Waals surface area contributed by atoms with Crippen molar-refractivity contribution in [2.75, 3.05) is 5.32 Å². The van der Waals surface area contributed by atoms with Crippen LogP contribution >= 0.6 is 15.9 Å². The van der Waals surface area contributed by atoms with Crippen molar-refractivity contribution in [2.24, 2.45) is 17.3 Å². The van der Waals surface area contributed by atoms with Crippen molar-refractivity contribution in [3.05, 3.63) is 24.3 Å². The molecule has 4 aliphatic carbocycles. The van der Waals surface area contributed by atoms with E-state index >= 15 is 0 Å². The van der Waals surface area contributed by atoms with Crippen LogP contribution in [0.3, 0.4) is 0 Å². The topological polar surface area (TPSA) is 75.3 Å². The lowest BCUT2D eigenvalue weighted by atomic mass is 9.49. The molecule has 4 saturated carbocycles. The van der Waals surface area contributed by atoms with Crippen LogP contribution in [0.5, 0.6) is 0 Å². The van der Waals surface area contributed by atoms with Gasteiger partial charge in [0, 0.05) is 16.1 Å². The Morgan fingerprint density at radius 3 is 2.22 bits per heavy atom. The smallest absolute Gasteiger partial charge is 0.240 e. The zero-order chi connectivity index (χ0) is 19.4. The summed E-state index contributed by atoms with van der Waals surface area (Å²) in [6.07, 6.45) is 6.50. The summed E-state index contributed by atoms with van der Waals surface area (Å²) in [6.45, 7) is 3.57. The number of hydrogen-bond acceptors (Lipinski definition) is 3. The molecule has 0 saturated heterocycles. The standard InChI is InChI=1S/C20H27BrN2O3S/c1-13(2)23-27(25,26)17-5-3-16(4-6-17)22-18(24)19-8-14-7-15(9-19)11-20(21,10-14)12-19/h3-6,13-15,23H,7-12H2,1-2H3,(H,22,24)/t14-,15+,19?,20?. The zero-order valence-electron chi connectivity index (χ0n) is 15.8. The summed E-state index contributed by atoms with van der Waals surface area (Å²) < 4.78 is 27.2. The van der Waals surface area contributed by atoms with Crippen molar-refractivity contribution >= 4 is 37.5 Å². The molecule has 5 rings (SSSR count). The Labute approximate surface area is 169 Å². The average molecular weight is 455 g/mol. The molecule has 2 N–H and O–H groups in total. The van der Waals surface area contributed by atoms with Gasteiger partial charge in [-0.05, 0) is 88.5 Å².